The first-order valence-corrected chi connectivity index (χ1v) is 5.00. The van der Waals surface area contributed by atoms with Gasteiger partial charge in [0.05, 0.1) is 5.57 Å². The second-order valence-corrected chi connectivity index (χ2v) is 3.82. The highest BCUT2D eigenvalue weighted by molar-refractivity contribution is 6.19. The molecule has 0 radical (unpaired) electrons. The largest absolute Gasteiger partial charge is 0.478 e. The highest BCUT2D eigenvalue weighted by Gasteiger charge is 2.17. The van der Waals surface area contributed by atoms with Gasteiger partial charge in [-0.2, -0.15) is 0 Å². The van der Waals surface area contributed by atoms with Gasteiger partial charge in [-0.15, -0.1) is 0 Å². The van der Waals surface area contributed by atoms with Crippen molar-refractivity contribution < 1.29 is 9.90 Å². The highest BCUT2D eigenvalue weighted by Crippen LogP contribution is 2.29. The van der Waals surface area contributed by atoms with E-state index in [4.69, 9.17) is 5.11 Å². The van der Waals surface area contributed by atoms with Crippen LogP contribution in [0.2, 0.25) is 0 Å². The van der Waals surface area contributed by atoms with Crippen molar-refractivity contribution in [3.63, 3.8) is 0 Å². The number of para-hydroxylation sites is 1. The lowest BCUT2D eigenvalue weighted by Crippen LogP contribution is -2.00. The van der Waals surface area contributed by atoms with Gasteiger partial charge >= 0.3 is 5.97 Å². The Hall–Kier alpha value is -2.03. The molecule has 2 aromatic rings. The molecule has 16 heavy (non-hydrogen) atoms. The third-order valence-corrected chi connectivity index (χ3v) is 2.96. The summed E-state index contributed by atoms with van der Waals surface area (Å²) in [5.74, 6) is -0.973. The Balaban J connectivity index is 2.84. The van der Waals surface area contributed by atoms with Crippen LogP contribution in [-0.2, 0) is 11.8 Å². The molecule has 0 aliphatic rings. The summed E-state index contributed by atoms with van der Waals surface area (Å²) >= 11 is 0. The number of nitrogens with zero attached hydrogens (tertiary/aromatic N) is 1. The number of fused-ring (bicyclic) bond motifs is 1. The van der Waals surface area contributed by atoms with E-state index < -0.39 is 5.97 Å². The van der Waals surface area contributed by atoms with Crippen molar-refractivity contribution in [3.8, 4) is 0 Å². The molecule has 1 heterocycles. The highest BCUT2D eigenvalue weighted by atomic mass is 16.4. The van der Waals surface area contributed by atoms with E-state index in [1.54, 1.807) is 0 Å². The van der Waals surface area contributed by atoms with Crippen LogP contribution in [-0.4, -0.2) is 15.6 Å². The van der Waals surface area contributed by atoms with E-state index >= 15 is 0 Å². The molecular formula is C13H13NO2. The number of aromatic nitrogens is 1. The maximum absolute atomic E-state index is 11.0. The van der Waals surface area contributed by atoms with Gasteiger partial charge < -0.3 is 9.67 Å². The molecule has 1 aromatic carbocycles. The summed E-state index contributed by atoms with van der Waals surface area (Å²) in [5, 5.41) is 9.96. The third-order valence-electron chi connectivity index (χ3n) is 2.96. The Labute approximate surface area is 93.6 Å². The molecule has 2 rings (SSSR count). The SMILES string of the molecule is C=C(C(=O)O)c1c(C)n(C)c2ccccc12. The molecule has 0 saturated carbocycles. The Morgan fingerprint density at radius 1 is 1.38 bits per heavy atom. The van der Waals surface area contributed by atoms with Crippen molar-refractivity contribution in [3.05, 3.63) is 42.1 Å². The molecule has 0 aliphatic carbocycles. The Morgan fingerprint density at radius 3 is 2.62 bits per heavy atom. The minimum absolute atomic E-state index is 0.148. The summed E-state index contributed by atoms with van der Waals surface area (Å²) in [4.78, 5) is 11.0. The number of rotatable bonds is 2. The maximum atomic E-state index is 11.0. The van der Waals surface area contributed by atoms with Crippen LogP contribution in [0.3, 0.4) is 0 Å². The number of benzene rings is 1. The summed E-state index contributed by atoms with van der Waals surface area (Å²) in [6, 6.07) is 7.74. The topological polar surface area (TPSA) is 42.2 Å². The van der Waals surface area contributed by atoms with Crippen LogP contribution >= 0.6 is 0 Å². The lowest BCUT2D eigenvalue weighted by Gasteiger charge is -2.01. The van der Waals surface area contributed by atoms with Gasteiger partial charge in [0, 0.05) is 29.2 Å². The van der Waals surface area contributed by atoms with Crippen molar-refractivity contribution in [1.29, 1.82) is 0 Å². The molecule has 1 aromatic heterocycles. The van der Waals surface area contributed by atoms with Crippen LogP contribution in [0.15, 0.2) is 30.8 Å². The molecule has 0 unspecified atom stereocenters. The van der Waals surface area contributed by atoms with Gasteiger partial charge in [-0.1, -0.05) is 24.8 Å². The Kier molecular flexibility index (Phi) is 2.31. The van der Waals surface area contributed by atoms with Crippen LogP contribution in [0.1, 0.15) is 11.3 Å². The quantitative estimate of drug-likeness (QED) is 0.782. The van der Waals surface area contributed by atoms with Gasteiger partial charge in [-0.3, -0.25) is 0 Å². The molecule has 3 nitrogen and oxygen atoms in total. The maximum Gasteiger partial charge on any atom is 0.335 e. The predicted octanol–water partition coefficient (Wildman–Crippen LogP) is 2.58. The molecule has 82 valence electrons. The Morgan fingerprint density at radius 2 is 2.00 bits per heavy atom. The average Bonchev–Trinajstić information content (AvgIpc) is 2.52. The monoisotopic (exact) mass is 215 g/mol. The van der Waals surface area contributed by atoms with Crippen LogP contribution in [0, 0.1) is 6.92 Å². The average molecular weight is 215 g/mol. The first-order chi connectivity index (χ1) is 7.54. The van der Waals surface area contributed by atoms with E-state index in [0.29, 0.717) is 0 Å². The fourth-order valence-electron chi connectivity index (χ4n) is 2.01. The lowest BCUT2D eigenvalue weighted by molar-refractivity contribution is -0.130. The van der Waals surface area contributed by atoms with E-state index in [0.717, 1.165) is 22.2 Å². The molecule has 0 fully saturated rings. The van der Waals surface area contributed by atoms with Gasteiger partial charge in [0.25, 0.3) is 0 Å². The summed E-state index contributed by atoms with van der Waals surface area (Å²) in [6.45, 7) is 5.54. The van der Waals surface area contributed by atoms with Crippen LogP contribution in [0.25, 0.3) is 16.5 Å². The van der Waals surface area contributed by atoms with Crippen molar-refractivity contribution >= 4 is 22.4 Å². The van der Waals surface area contributed by atoms with Gasteiger partial charge in [0.15, 0.2) is 0 Å². The normalized spacial score (nSPS) is 10.6. The molecule has 3 heteroatoms. The van der Waals surface area contributed by atoms with Gasteiger partial charge in [-0.25, -0.2) is 4.79 Å². The number of carboxylic acids is 1. The number of aryl methyl sites for hydroxylation is 1. The molecule has 0 aliphatic heterocycles. The molecule has 0 amide bonds. The van der Waals surface area contributed by atoms with Crippen LogP contribution < -0.4 is 0 Å². The smallest absolute Gasteiger partial charge is 0.335 e. The number of aliphatic carboxylic acids is 1. The standard InChI is InChI=1S/C13H13NO2/c1-8(13(15)16)12-9(2)14(3)11-7-5-4-6-10(11)12/h4-7H,1H2,2-3H3,(H,15,16). The first-order valence-electron chi connectivity index (χ1n) is 5.00. The number of hydrogen-bond acceptors (Lipinski definition) is 1. The second kappa shape index (κ2) is 3.52. The van der Waals surface area contributed by atoms with E-state index in [9.17, 15) is 4.79 Å². The number of carbonyl (C=O) groups is 1. The minimum Gasteiger partial charge on any atom is -0.478 e. The second-order valence-electron chi connectivity index (χ2n) is 3.82. The molecule has 0 bridgehead atoms. The van der Waals surface area contributed by atoms with Gasteiger partial charge in [-0.05, 0) is 13.0 Å². The summed E-state index contributed by atoms with van der Waals surface area (Å²) in [6.07, 6.45) is 0. The van der Waals surface area contributed by atoms with E-state index in [1.165, 1.54) is 0 Å². The first kappa shape index (κ1) is 10.5. The van der Waals surface area contributed by atoms with Crippen molar-refractivity contribution in [2.75, 3.05) is 0 Å². The molecule has 1 N–H and O–H groups in total. The minimum atomic E-state index is -0.973. The fraction of sp³-hybridized carbons (Fsp3) is 0.154. The van der Waals surface area contributed by atoms with Crippen molar-refractivity contribution in [1.82, 2.24) is 4.57 Å². The van der Waals surface area contributed by atoms with Crippen molar-refractivity contribution in [2.45, 2.75) is 6.92 Å². The van der Waals surface area contributed by atoms with E-state index in [1.807, 2.05) is 42.8 Å². The van der Waals surface area contributed by atoms with E-state index in [-0.39, 0.29) is 5.57 Å². The van der Waals surface area contributed by atoms with E-state index in [2.05, 4.69) is 6.58 Å². The zero-order valence-corrected chi connectivity index (χ0v) is 9.32. The zero-order valence-electron chi connectivity index (χ0n) is 9.32. The molecular weight excluding hydrogens is 202 g/mol. The number of carboxylic acid groups (broad SMARTS) is 1. The fourth-order valence-corrected chi connectivity index (χ4v) is 2.01. The van der Waals surface area contributed by atoms with Crippen LogP contribution in [0.5, 0.6) is 0 Å². The third kappa shape index (κ3) is 1.33. The Bertz CT molecular complexity index is 593. The summed E-state index contributed by atoms with van der Waals surface area (Å²) < 4.78 is 1.98. The summed E-state index contributed by atoms with van der Waals surface area (Å²) in [5.41, 5.74) is 2.82. The predicted molar refractivity (Wildman–Crippen MR) is 64.3 cm³/mol. The lowest BCUT2D eigenvalue weighted by atomic mass is 10.0. The summed E-state index contributed by atoms with van der Waals surface area (Å²) in [7, 11) is 1.93. The van der Waals surface area contributed by atoms with Gasteiger partial charge in [0.2, 0.25) is 0 Å². The van der Waals surface area contributed by atoms with Crippen LogP contribution in [0.4, 0.5) is 0 Å². The molecule has 0 atom stereocenters. The number of hydrogen-bond donors (Lipinski definition) is 1. The van der Waals surface area contributed by atoms with Crippen molar-refractivity contribution in [2.24, 2.45) is 7.05 Å². The molecule has 0 saturated heterocycles. The zero-order chi connectivity index (χ0) is 11.9. The molecule has 0 spiro atoms. The van der Waals surface area contributed by atoms with Gasteiger partial charge in [0.1, 0.15) is 0 Å².